The molecule has 0 fully saturated rings. The molecular weight excluding hydrogens is 446 g/mol. The highest BCUT2D eigenvalue weighted by Gasteiger charge is 2.19. The van der Waals surface area contributed by atoms with E-state index in [4.69, 9.17) is 4.42 Å². The van der Waals surface area contributed by atoms with Gasteiger partial charge in [-0.15, -0.1) is 0 Å². The number of nitro benzene ring substituents is 1. The number of amides is 1. The van der Waals surface area contributed by atoms with E-state index in [2.05, 4.69) is 20.5 Å². The van der Waals surface area contributed by atoms with Gasteiger partial charge in [0.2, 0.25) is 11.8 Å². The molecule has 2 aromatic heterocycles. The number of carbonyl (C=O) groups excluding carboxylic acids is 1. The van der Waals surface area contributed by atoms with Gasteiger partial charge in [-0.3, -0.25) is 20.0 Å². The predicted molar refractivity (Wildman–Crippen MR) is 132 cm³/mol. The van der Waals surface area contributed by atoms with Gasteiger partial charge in [0, 0.05) is 23.4 Å². The van der Waals surface area contributed by atoms with E-state index in [-0.39, 0.29) is 11.6 Å². The Morgan fingerprint density at radius 2 is 1.83 bits per heavy atom. The first-order valence-electron chi connectivity index (χ1n) is 11.0. The standard InChI is InChI=1S/C26H21N5O4/c1-15-4-3-5-22-23(15)29-26(35-22)21-14-27-30-24(21)18-6-10-19(11-7-18)28-25(32)16(2)17-8-12-20(13-9-17)31(33)34/h3-14,16H,1-2H3,(H,27,30)(H,28,32). The van der Waals surface area contributed by atoms with E-state index in [1.165, 1.54) is 12.1 Å². The molecule has 174 valence electrons. The molecule has 35 heavy (non-hydrogen) atoms. The van der Waals surface area contributed by atoms with Crippen LogP contribution in [-0.4, -0.2) is 26.0 Å². The van der Waals surface area contributed by atoms with Gasteiger partial charge in [0.1, 0.15) is 5.52 Å². The highest BCUT2D eigenvalue weighted by Crippen LogP contribution is 2.33. The number of oxazole rings is 1. The monoisotopic (exact) mass is 467 g/mol. The first-order valence-corrected chi connectivity index (χ1v) is 11.0. The van der Waals surface area contributed by atoms with Crippen LogP contribution in [0.2, 0.25) is 0 Å². The Labute approximate surface area is 200 Å². The van der Waals surface area contributed by atoms with Crippen LogP contribution in [0.1, 0.15) is 24.0 Å². The maximum atomic E-state index is 12.7. The molecule has 5 rings (SSSR count). The largest absolute Gasteiger partial charge is 0.436 e. The van der Waals surface area contributed by atoms with Gasteiger partial charge in [-0.2, -0.15) is 5.10 Å². The fourth-order valence-corrected chi connectivity index (χ4v) is 3.88. The summed E-state index contributed by atoms with van der Waals surface area (Å²) in [7, 11) is 0. The van der Waals surface area contributed by atoms with Crippen LogP contribution in [-0.2, 0) is 4.79 Å². The number of fused-ring (bicyclic) bond motifs is 1. The van der Waals surface area contributed by atoms with Crippen molar-refractivity contribution in [1.82, 2.24) is 15.2 Å². The molecule has 0 aliphatic carbocycles. The summed E-state index contributed by atoms with van der Waals surface area (Å²) in [5, 5.41) is 20.9. The molecule has 0 aliphatic rings. The van der Waals surface area contributed by atoms with E-state index in [1.807, 2.05) is 37.3 Å². The van der Waals surface area contributed by atoms with Gasteiger partial charge in [-0.25, -0.2) is 4.98 Å². The summed E-state index contributed by atoms with van der Waals surface area (Å²) < 4.78 is 5.96. The normalized spacial score (nSPS) is 11.9. The van der Waals surface area contributed by atoms with Gasteiger partial charge in [0.05, 0.1) is 28.3 Å². The van der Waals surface area contributed by atoms with Crippen molar-refractivity contribution in [2.75, 3.05) is 5.32 Å². The smallest absolute Gasteiger partial charge is 0.269 e. The number of nitrogens with one attached hydrogen (secondary N) is 2. The molecule has 0 saturated heterocycles. The van der Waals surface area contributed by atoms with Crippen molar-refractivity contribution < 1.29 is 14.1 Å². The molecule has 5 aromatic rings. The number of rotatable bonds is 6. The Kier molecular flexibility index (Phi) is 5.58. The van der Waals surface area contributed by atoms with E-state index < -0.39 is 10.8 Å². The maximum Gasteiger partial charge on any atom is 0.269 e. The minimum absolute atomic E-state index is 0.0110. The number of H-pyrrole nitrogens is 1. The van der Waals surface area contributed by atoms with E-state index in [9.17, 15) is 14.9 Å². The third kappa shape index (κ3) is 4.26. The third-order valence-electron chi connectivity index (χ3n) is 5.93. The minimum atomic E-state index is -0.475. The molecular formula is C26H21N5O4. The number of para-hydroxylation sites is 1. The summed E-state index contributed by atoms with van der Waals surface area (Å²) in [5.41, 5.74) is 6.23. The lowest BCUT2D eigenvalue weighted by molar-refractivity contribution is -0.384. The van der Waals surface area contributed by atoms with Crippen LogP contribution in [0.4, 0.5) is 11.4 Å². The fraction of sp³-hybridized carbons (Fsp3) is 0.115. The Hall–Kier alpha value is -4.79. The average molecular weight is 467 g/mol. The summed E-state index contributed by atoms with van der Waals surface area (Å²) in [6, 6.07) is 19.1. The summed E-state index contributed by atoms with van der Waals surface area (Å²) in [4.78, 5) is 27.7. The number of nitrogens with zero attached hydrogens (tertiary/aromatic N) is 3. The second kappa shape index (κ2) is 8.86. The molecule has 3 aromatic carbocycles. The molecule has 1 atom stereocenters. The zero-order valence-electron chi connectivity index (χ0n) is 19.0. The summed E-state index contributed by atoms with van der Waals surface area (Å²) in [6.45, 7) is 3.74. The second-order valence-corrected chi connectivity index (χ2v) is 8.24. The van der Waals surface area contributed by atoms with Crippen molar-refractivity contribution in [3.8, 4) is 22.7 Å². The lowest BCUT2D eigenvalue weighted by Gasteiger charge is -2.13. The summed E-state index contributed by atoms with van der Waals surface area (Å²) in [5.74, 6) is -0.208. The SMILES string of the molecule is Cc1cccc2oc(-c3cn[nH]c3-c3ccc(NC(=O)C(C)c4ccc([N+](=O)[O-])cc4)cc3)nc12. The first kappa shape index (κ1) is 22.0. The minimum Gasteiger partial charge on any atom is -0.436 e. The Bertz CT molecular complexity index is 1530. The number of hydrogen-bond donors (Lipinski definition) is 2. The molecule has 0 bridgehead atoms. The van der Waals surface area contributed by atoms with Crippen molar-refractivity contribution in [3.05, 3.63) is 94.2 Å². The zero-order chi connectivity index (χ0) is 24.5. The Balaban J connectivity index is 1.33. The van der Waals surface area contributed by atoms with Crippen molar-refractivity contribution in [2.45, 2.75) is 19.8 Å². The van der Waals surface area contributed by atoms with Gasteiger partial charge in [0.15, 0.2) is 5.58 Å². The van der Waals surface area contributed by atoms with Crippen molar-refractivity contribution >= 4 is 28.4 Å². The quantitative estimate of drug-likeness (QED) is 0.238. The number of aromatic amines is 1. The Morgan fingerprint density at radius 3 is 2.51 bits per heavy atom. The van der Waals surface area contributed by atoms with Gasteiger partial charge in [-0.1, -0.05) is 36.4 Å². The number of anilines is 1. The average Bonchev–Trinajstić information content (AvgIpc) is 3.52. The van der Waals surface area contributed by atoms with E-state index in [0.717, 1.165) is 27.9 Å². The molecule has 0 saturated carbocycles. The summed E-state index contributed by atoms with van der Waals surface area (Å²) >= 11 is 0. The molecule has 0 radical (unpaired) electrons. The van der Waals surface area contributed by atoms with Crippen LogP contribution in [0.25, 0.3) is 33.8 Å². The maximum absolute atomic E-state index is 12.7. The molecule has 2 N–H and O–H groups in total. The lowest BCUT2D eigenvalue weighted by atomic mass is 10.00. The number of hydrogen-bond acceptors (Lipinski definition) is 6. The van der Waals surface area contributed by atoms with Gasteiger partial charge >= 0.3 is 0 Å². The molecule has 9 nitrogen and oxygen atoms in total. The van der Waals surface area contributed by atoms with E-state index in [1.54, 1.807) is 37.4 Å². The van der Waals surface area contributed by atoms with Gasteiger partial charge < -0.3 is 9.73 Å². The second-order valence-electron chi connectivity index (χ2n) is 8.24. The van der Waals surface area contributed by atoms with Crippen LogP contribution < -0.4 is 5.32 Å². The fourth-order valence-electron chi connectivity index (χ4n) is 3.88. The molecule has 1 amide bonds. The zero-order valence-corrected chi connectivity index (χ0v) is 19.0. The van der Waals surface area contributed by atoms with Crippen molar-refractivity contribution in [2.24, 2.45) is 0 Å². The molecule has 1 unspecified atom stereocenters. The van der Waals surface area contributed by atoms with Crippen LogP contribution in [0.5, 0.6) is 0 Å². The molecule has 0 spiro atoms. The Morgan fingerprint density at radius 1 is 1.09 bits per heavy atom. The van der Waals surface area contributed by atoms with Gasteiger partial charge in [0.25, 0.3) is 5.69 Å². The summed E-state index contributed by atoms with van der Waals surface area (Å²) in [6.07, 6.45) is 1.68. The molecule has 0 aliphatic heterocycles. The third-order valence-corrected chi connectivity index (χ3v) is 5.93. The van der Waals surface area contributed by atoms with Crippen LogP contribution in [0, 0.1) is 17.0 Å². The highest BCUT2D eigenvalue weighted by molar-refractivity contribution is 5.96. The molecule has 2 heterocycles. The number of carbonyl (C=O) groups is 1. The highest BCUT2D eigenvalue weighted by atomic mass is 16.6. The number of non-ortho nitro benzene ring substituents is 1. The lowest BCUT2D eigenvalue weighted by Crippen LogP contribution is -2.18. The van der Waals surface area contributed by atoms with E-state index in [0.29, 0.717) is 22.7 Å². The number of aromatic nitrogens is 3. The van der Waals surface area contributed by atoms with Gasteiger partial charge in [-0.05, 0) is 43.2 Å². The number of benzene rings is 3. The van der Waals surface area contributed by atoms with Crippen LogP contribution in [0.3, 0.4) is 0 Å². The number of nitro groups is 1. The van der Waals surface area contributed by atoms with Crippen molar-refractivity contribution in [1.29, 1.82) is 0 Å². The van der Waals surface area contributed by atoms with E-state index >= 15 is 0 Å². The van der Waals surface area contributed by atoms with Crippen LogP contribution in [0.15, 0.2) is 77.3 Å². The van der Waals surface area contributed by atoms with Crippen molar-refractivity contribution in [3.63, 3.8) is 0 Å². The molecule has 9 heteroatoms. The number of aryl methyl sites for hydroxylation is 1. The van der Waals surface area contributed by atoms with Crippen LogP contribution >= 0.6 is 0 Å². The first-order chi connectivity index (χ1) is 16.9. The predicted octanol–water partition coefficient (Wildman–Crippen LogP) is 5.84. The topological polar surface area (TPSA) is 127 Å².